The van der Waals surface area contributed by atoms with Gasteiger partial charge in [-0.1, -0.05) is 6.42 Å². The quantitative estimate of drug-likeness (QED) is 0.400. The van der Waals surface area contributed by atoms with Gasteiger partial charge in [-0.3, -0.25) is 11.3 Å². The first-order valence-electron chi connectivity index (χ1n) is 6.30. The van der Waals surface area contributed by atoms with Crippen LogP contribution in [0.5, 0.6) is 0 Å². The van der Waals surface area contributed by atoms with Gasteiger partial charge in [0.2, 0.25) is 0 Å². The zero-order chi connectivity index (χ0) is 10.7. The summed E-state index contributed by atoms with van der Waals surface area (Å²) >= 11 is 0. The smallest absolute Gasteiger partial charge is 0.0462 e. The number of hydrogen-bond donors (Lipinski definition) is 2. The van der Waals surface area contributed by atoms with Crippen molar-refractivity contribution in [2.24, 2.45) is 23.6 Å². The summed E-state index contributed by atoms with van der Waals surface area (Å²) < 4.78 is 5.09. The Balaban J connectivity index is 1.79. The number of nitrogens with one attached hydrogen (secondary N) is 1. The van der Waals surface area contributed by atoms with Gasteiger partial charge in [0.25, 0.3) is 0 Å². The summed E-state index contributed by atoms with van der Waals surface area (Å²) in [6, 6.07) is 0.524. The molecule has 2 bridgehead atoms. The molecular formula is C12H24N2O. The minimum Gasteiger partial charge on any atom is -0.385 e. The highest BCUT2D eigenvalue weighted by Gasteiger charge is 2.42. The fourth-order valence-electron chi connectivity index (χ4n) is 3.66. The van der Waals surface area contributed by atoms with E-state index in [2.05, 4.69) is 5.43 Å². The maximum absolute atomic E-state index is 5.68. The van der Waals surface area contributed by atoms with E-state index in [1.54, 1.807) is 7.11 Å². The molecule has 88 valence electrons. The second-order valence-electron chi connectivity index (χ2n) is 5.25. The Kier molecular flexibility index (Phi) is 4.00. The van der Waals surface area contributed by atoms with Gasteiger partial charge < -0.3 is 4.74 Å². The molecule has 0 amide bonds. The Morgan fingerprint density at radius 1 is 1.40 bits per heavy atom. The van der Waals surface area contributed by atoms with Gasteiger partial charge in [0.05, 0.1) is 0 Å². The third-order valence-electron chi connectivity index (χ3n) is 4.39. The summed E-state index contributed by atoms with van der Waals surface area (Å²) in [5.74, 6) is 8.48. The highest BCUT2D eigenvalue weighted by molar-refractivity contribution is 4.94. The molecule has 15 heavy (non-hydrogen) atoms. The maximum atomic E-state index is 5.68. The summed E-state index contributed by atoms with van der Waals surface area (Å²) in [6.45, 7) is 0.860. The van der Waals surface area contributed by atoms with Crippen molar-refractivity contribution in [1.82, 2.24) is 5.43 Å². The van der Waals surface area contributed by atoms with Crippen LogP contribution in [0.25, 0.3) is 0 Å². The van der Waals surface area contributed by atoms with Crippen LogP contribution in [-0.2, 0) is 4.74 Å². The number of fused-ring (bicyclic) bond motifs is 2. The van der Waals surface area contributed by atoms with Crippen LogP contribution in [0.4, 0.5) is 0 Å². The Bertz CT molecular complexity index is 198. The van der Waals surface area contributed by atoms with Crippen LogP contribution >= 0.6 is 0 Å². The Hall–Kier alpha value is -0.120. The third kappa shape index (κ3) is 2.52. The summed E-state index contributed by atoms with van der Waals surface area (Å²) in [5, 5.41) is 0. The van der Waals surface area contributed by atoms with Crippen LogP contribution in [0.3, 0.4) is 0 Å². The second kappa shape index (κ2) is 5.28. The van der Waals surface area contributed by atoms with E-state index < -0.39 is 0 Å². The number of hydrazine groups is 1. The molecule has 4 unspecified atom stereocenters. The van der Waals surface area contributed by atoms with Gasteiger partial charge in [0, 0.05) is 19.8 Å². The fourth-order valence-corrected chi connectivity index (χ4v) is 3.66. The number of methoxy groups -OCH3 is 1. The molecule has 0 heterocycles. The summed E-state index contributed by atoms with van der Waals surface area (Å²) in [7, 11) is 1.77. The fraction of sp³-hybridized carbons (Fsp3) is 1.00. The molecule has 0 aromatic carbocycles. The Morgan fingerprint density at radius 2 is 2.27 bits per heavy atom. The van der Waals surface area contributed by atoms with E-state index in [4.69, 9.17) is 10.6 Å². The maximum Gasteiger partial charge on any atom is 0.0462 e. The molecule has 0 radical (unpaired) electrons. The highest BCUT2D eigenvalue weighted by Crippen LogP contribution is 2.49. The first-order chi connectivity index (χ1) is 7.35. The lowest BCUT2D eigenvalue weighted by molar-refractivity contribution is 0.174. The molecule has 4 atom stereocenters. The molecule has 2 rings (SSSR count). The molecule has 2 aliphatic carbocycles. The van der Waals surface area contributed by atoms with Crippen molar-refractivity contribution in [2.45, 2.75) is 44.6 Å². The number of ether oxygens (including phenoxy) is 1. The summed E-state index contributed by atoms with van der Waals surface area (Å²) in [5.41, 5.74) is 3.03. The Labute approximate surface area is 92.7 Å². The van der Waals surface area contributed by atoms with Gasteiger partial charge in [-0.05, 0) is 49.9 Å². The van der Waals surface area contributed by atoms with Crippen LogP contribution < -0.4 is 11.3 Å². The van der Waals surface area contributed by atoms with Crippen molar-refractivity contribution in [3.05, 3.63) is 0 Å². The molecule has 3 N–H and O–H groups in total. The molecule has 2 fully saturated rings. The van der Waals surface area contributed by atoms with Crippen molar-refractivity contribution in [2.75, 3.05) is 13.7 Å². The molecule has 0 aromatic heterocycles. The molecule has 2 aliphatic rings. The SMILES string of the molecule is COCCCC(NN)C1CC2CCC1C2. The van der Waals surface area contributed by atoms with Crippen LogP contribution in [0, 0.1) is 17.8 Å². The summed E-state index contributed by atoms with van der Waals surface area (Å²) in [6.07, 6.45) is 8.07. The number of hydrogen-bond acceptors (Lipinski definition) is 3. The molecular weight excluding hydrogens is 188 g/mol. The third-order valence-corrected chi connectivity index (χ3v) is 4.39. The van der Waals surface area contributed by atoms with E-state index >= 15 is 0 Å². The van der Waals surface area contributed by atoms with Crippen molar-refractivity contribution in [1.29, 1.82) is 0 Å². The minimum atomic E-state index is 0.524. The van der Waals surface area contributed by atoms with Crippen molar-refractivity contribution < 1.29 is 4.74 Å². The number of rotatable bonds is 6. The van der Waals surface area contributed by atoms with E-state index in [9.17, 15) is 0 Å². The van der Waals surface area contributed by atoms with Crippen LogP contribution in [0.15, 0.2) is 0 Å². The lowest BCUT2D eigenvalue weighted by Crippen LogP contribution is -2.42. The van der Waals surface area contributed by atoms with Crippen molar-refractivity contribution >= 4 is 0 Å². The van der Waals surface area contributed by atoms with E-state index in [0.29, 0.717) is 6.04 Å². The molecule has 0 spiro atoms. The molecule has 2 saturated carbocycles. The molecule has 0 aliphatic heterocycles. The lowest BCUT2D eigenvalue weighted by atomic mass is 9.82. The number of nitrogens with two attached hydrogens (primary N) is 1. The predicted molar refractivity (Wildman–Crippen MR) is 61.2 cm³/mol. The molecule has 3 nitrogen and oxygen atoms in total. The van der Waals surface area contributed by atoms with Crippen LogP contribution in [0.1, 0.15) is 38.5 Å². The average Bonchev–Trinajstić information content (AvgIpc) is 2.86. The molecule has 3 heteroatoms. The molecule has 0 saturated heterocycles. The van der Waals surface area contributed by atoms with Gasteiger partial charge in [-0.2, -0.15) is 0 Å². The Morgan fingerprint density at radius 3 is 2.80 bits per heavy atom. The lowest BCUT2D eigenvalue weighted by Gasteiger charge is -2.30. The van der Waals surface area contributed by atoms with Crippen molar-refractivity contribution in [3.8, 4) is 0 Å². The second-order valence-corrected chi connectivity index (χ2v) is 5.25. The highest BCUT2D eigenvalue weighted by atomic mass is 16.5. The minimum absolute atomic E-state index is 0.524. The van der Waals surface area contributed by atoms with Gasteiger partial charge in [-0.25, -0.2) is 0 Å². The van der Waals surface area contributed by atoms with Crippen molar-refractivity contribution in [3.63, 3.8) is 0 Å². The van der Waals surface area contributed by atoms with E-state index in [1.807, 2.05) is 0 Å². The van der Waals surface area contributed by atoms with Crippen LogP contribution in [0.2, 0.25) is 0 Å². The normalized spacial score (nSPS) is 36.0. The van der Waals surface area contributed by atoms with E-state index in [1.165, 1.54) is 25.7 Å². The average molecular weight is 212 g/mol. The standard InChI is InChI=1S/C12H24N2O/c1-15-6-2-3-12(14-13)11-8-9-4-5-10(11)7-9/h9-12,14H,2-8,13H2,1H3. The first-order valence-corrected chi connectivity index (χ1v) is 6.30. The zero-order valence-electron chi connectivity index (χ0n) is 9.74. The van der Waals surface area contributed by atoms with Gasteiger partial charge in [-0.15, -0.1) is 0 Å². The topological polar surface area (TPSA) is 47.3 Å². The first kappa shape index (κ1) is 11.4. The van der Waals surface area contributed by atoms with Gasteiger partial charge >= 0.3 is 0 Å². The van der Waals surface area contributed by atoms with E-state index in [-0.39, 0.29) is 0 Å². The molecule has 0 aromatic rings. The van der Waals surface area contributed by atoms with Gasteiger partial charge in [0.15, 0.2) is 0 Å². The van der Waals surface area contributed by atoms with E-state index in [0.717, 1.165) is 37.2 Å². The monoisotopic (exact) mass is 212 g/mol. The van der Waals surface area contributed by atoms with Crippen LogP contribution in [-0.4, -0.2) is 19.8 Å². The largest absolute Gasteiger partial charge is 0.385 e. The van der Waals surface area contributed by atoms with Gasteiger partial charge in [0.1, 0.15) is 0 Å². The zero-order valence-corrected chi connectivity index (χ0v) is 9.74. The predicted octanol–water partition coefficient (Wildman–Crippen LogP) is 1.68. The summed E-state index contributed by atoms with van der Waals surface area (Å²) in [4.78, 5) is 0.